The molecule has 0 aliphatic rings. The van der Waals surface area contributed by atoms with Crippen molar-refractivity contribution in [3.05, 3.63) is 66.7 Å². The van der Waals surface area contributed by atoms with Crippen LogP contribution in [0.15, 0.2) is 66.7 Å². The second-order valence-corrected chi connectivity index (χ2v) is 6.01. The van der Waals surface area contributed by atoms with Crippen molar-refractivity contribution in [2.24, 2.45) is 7.05 Å². The minimum Gasteiger partial charge on any atom is -1.00 e. The van der Waals surface area contributed by atoms with Gasteiger partial charge in [-0.1, -0.05) is 42.5 Å². The molecule has 0 unspecified atom stereocenters. The average molecular weight is 410 g/mol. The largest absolute Gasteiger partial charge is 1.00 e. The molecule has 0 fully saturated rings. The number of rotatable bonds is 3. The van der Waals surface area contributed by atoms with Crippen molar-refractivity contribution in [2.45, 2.75) is 0 Å². The van der Waals surface area contributed by atoms with Crippen molar-refractivity contribution in [2.75, 3.05) is 14.2 Å². The fraction of sp³-hybridized carbons (Fsp3) is 0.136. The molecule has 4 heteroatoms. The molecule has 0 aliphatic heterocycles. The number of aryl methyl sites for hydroxylation is 1. The van der Waals surface area contributed by atoms with Crippen molar-refractivity contribution in [3.63, 3.8) is 0 Å². The van der Waals surface area contributed by atoms with Crippen LogP contribution in [0.1, 0.15) is 0 Å². The first-order valence-electron chi connectivity index (χ1n) is 8.27. The van der Waals surface area contributed by atoms with Gasteiger partial charge in [0.15, 0.2) is 0 Å². The minimum atomic E-state index is 0. The molecule has 0 saturated heterocycles. The lowest BCUT2D eigenvalue weighted by Gasteiger charge is -2.15. The second-order valence-electron chi connectivity index (χ2n) is 6.01. The van der Waals surface area contributed by atoms with E-state index in [2.05, 4.69) is 48.0 Å². The van der Waals surface area contributed by atoms with Gasteiger partial charge < -0.3 is 26.5 Å². The van der Waals surface area contributed by atoms with Crippen LogP contribution in [0, 0.1) is 0 Å². The van der Waals surface area contributed by atoms with Crippen LogP contribution in [0.25, 0.3) is 32.9 Å². The molecule has 0 saturated carbocycles. The van der Waals surface area contributed by atoms with Gasteiger partial charge in [0.2, 0.25) is 11.0 Å². The van der Waals surface area contributed by atoms with Crippen LogP contribution in [0.2, 0.25) is 0 Å². The molecular weight excluding hydrogens is 390 g/mol. The van der Waals surface area contributed by atoms with Crippen LogP contribution < -0.4 is 31.0 Å². The monoisotopic (exact) mass is 409 g/mol. The zero-order valence-corrected chi connectivity index (χ0v) is 16.6. The molecule has 132 valence electrons. The number of halogens is 1. The Morgan fingerprint density at radius 2 is 1.15 bits per heavy atom. The van der Waals surface area contributed by atoms with Crippen LogP contribution in [0.5, 0.6) is 11.5 Å². The number of benzene rings is 3. The first-order chi connectivity index (χ1) is 12.3. The smallest absolute Gasteiger partial charge is 0.217 e. The predicted octanol–water partition coefficient (Wildman–Crippen LogP) is 1.51. The number of ether oxygens (including phenoxy) is 2. The van der Waals surface area contributed by atoms with E-state index in [1.165, 1.54) is 0 Å². The third-order valence-electron chi connectivity index (χ3n) is 4.73. The standard InChI is InChI=1S/C22H20NO2.BrH/c1-23-16-11-7-13-18(24-2)21(16)20(15-9-5-4-6-10-15)22-17(23)12-8-14-19(22)25-3;/h4-14H,1-3H3;1H/q+1;/p-1. The van der Waals surface area contributed by atoms with Gasteiger partial charge in [0.05, 0.1) is 25.0 Å². The van der Waals surface area contributed by atoms with Gasteiger partial charge in [0.25, 0.3) is 0 Å². The number of hydrogen-bond donors (Lipinski definition) is 0. The van der Waals surface area contributed by atoms with Gasteiger partial charge in [-0.25, -0.2) is 0 Å². The quantitative estimate of drug-likeness (QED) is 0.378. The molecular formula is C22H20BrNO2. The summed E-state index contributed by atoms with van der Waals surface area (Å²) in [6.07, 6.45) is 0. The summed E-state index contributed by atoms with van der Waals surface area (Å²) in [4.78, 5) is 0. The molecule has 1 heterocycles. The van der Waals surface area contributed by atoms with Gasteiger partial charge >= 0.3 is 0 Å². The Hall–Kier alpha value is -2.59. The summed E-state index contributed by atoms with van der Waals surface area (Å²) < 4.78 is 13.6. The summed E-state index contributed by atoms with van der Waals surface area (Å²) in [5.74, 6) is 1.72. The van der Waals surface area contributed by atoms with Crippen molar-refractivity contribution in [3.8, 4) is 22.6 Å². The maximum Gasteiger partial charge on any atom is 0.217 e. The maximum absolute atomic E-state index is 5.71. The normalized spacial score (nSPS) is 10.6. The number of fused-ring (bicyclic) bond motifs is 2. The molecule has 1 aromatic heterocycles. The van der Waals surface area contributed by atoms with Gasteiger partial charge in [-0.3, -0.25) is 0 Å². The third kappa shape index (κ3) is 2.71. The minimum absolute atomic E-state index is 0. The van der Waals surface area contributed by atoms with Crippen LogP contribution in [-0.4, -0.2) is 14.2 Å². The molecule has 3 aromatic carbocycles. The molecule has 26 heavy (non-hydrogen) atoms. The Morgan fingerprint density at radius 1 is 0.654 bits per heavy atom. The molecule has 0 atom stereocenters. The Kier molecular flexibility index (Phi) is 5.14. The summed E-state index contributed by atoms with van der Waals surface area (Å²) in [6, 6.07) is 22.8. The Bertz CT molecular complexity index is 1010. The van der Waals surface area contributed by atoms with E-state index < -0.39 is 0 Å². The zero-order valence-electron chi connectivity index (χ0n) is 15.0. The van der Waals surface area contributed by atoms with E-state index in [4.69, 9.17) is 9.47 Å². The summed E-state index contributed by atoms with van der Waals surface area (Å²) in [7, 11) is 5.52. The number of nitrogens with zero attached hydrogens (tertiary/aromatic N) is 1. The van der Waals surface area contributed by atoms with Gasteiger partial charge in [0.1, 0.15) is 18.5 Å². The van der Waals surface area contributed by atoms with E-state index in [0.717, 1.165) is 44.4 Å². The Morgan fingerprint density at radius 3 is 1.62 bits per heavy atom. The maximum atomic E-state index is 5.71. The second kappa shape index (κ2) is 7.34. The van der Waals surface area contributed by atoms with Gasteiger partial charge in [-0.05, 0) is 17.7 Å². The lowest BCUT2D eigenvalue weighted by atomic mass is 9.94. The molecule has 0 radical (unpaired) electrons. The van der Waals surface area contributed by atoms with E-state index in [1.807, 2.05) is 30.3 Å². The molecule has 4 aromatic rings. The third-order valence-corrected chi connectivity index (χ3v) is 4.73. The van der Waals surface area contributed by atoms with Gasteiger partial charge in [-0.15, -0.1) is 0 Å². The van der Waals surface area contributed by atoms with Crippen molar-refractivity contribution >= 4 is 21.8 Å². The Labute approximate surface area is 163 Å². The van der Waals surface area contributed by atoms with Crippen molar-refractivity contribution in [1.29, 1.82) is 0 Å². The number of aromatic nitrogens is 1. The number of pyridine rings is 1. The average Bonchev–Trinajstić information content (AvgIpc) is 2.68. The lowest BCUT2D eigenvalue weighted by molar-refractivity contribution is -0.617. The first kappa shape index (κ1) is 18.2. The highest BCUT2D eigenvalue weighted by Gasteiger charge is 2.24. The van der Waals surface area contributed by atoms with Crippen molar-refractivity contribution < 1.29 is 31.0 Å². The predicted molar refractivity (Wildman–Crippen MR) is 101 cm³/mol. The molecule has 3 nitrogen and oxygen atoms in total. The summed E-state index contributed by atoms with van der Waals surface area (Å²) in [6.45, 7) is 0. The topological polar surface area (TPSA) is 22.3 Å². The molecule has 0 bridgehead atoms. The Balaban J connectivity index is 0.00000196. The highest BCUT2D eigenvalue weighted by Crippen LogP contribution is 2.41. The molecule has 0 aliphatic carbocycles. The highest BCUT2D eigenvalue weighted by atomic mass is 79.9. The van der Waals surface area contributed by atoms with Crippen LogP contribution in [0.4, 0.5) is 0 Å². The summed E-state index contributed by atoms with van der Waals surface area (Å²) in [5, 5.41) is 2.19. The van der Waals surface area contributed by atoms with E-state index in [0.29, 0.717) is 0 Å². The summed E-state index contributed by atoms with van der Waals surface area (Å²) in [5.41, 5.74) is 4.53. The number of methoxy groups -OCH3 is 2. The van der Waals surface area contributed by atoms with E-state index in [1.54, 1.807) is 14.2 Å². The van der Waals surface area contributed by atoms with E-state index in [-0.39, 0.29) is 17.0 Å². The van der Waals surface area contributed by atoms with Gasteiger partial charge in [-0.2, -0.15) is 4.57 Å². The molecule has 0 spiro atoms. The molecule has 0 N–H and O–H groups in total. The lowest BCUT2D eigenvalue weighted by Crippen LogP contribution is -3.00. The zero-order chi connectivity index (χ0) is 17.4. The highest BCUT2D eigenvalue weighted by molar-refractivity contribution is 6.11. The number of hydrogen-bond acceptors (Lipinski definition) is 2. The fourth-order valence-electron chi connectivity index (χ4n) is 3.59. The molecule has 4 rings (SSSR count). The van der Waals surface area contributed by atoms with Crippen LogP contribution >= 0.6 is 0 Å². The van der Waals surface area contributed by atoms with Crippen LogP contribution in [0.3, 0.4) is 0 Å². The summed E-state index contributed by atoms with van der Waals surface area (Å²) >= 11 is 0. The van der Waals surface area contributed by atoms with E-state index in [9.17, 15) is 0 Å². The van der Waals surface area contributed by atoms with E-state index >= 15 is 0 Å². The fourth-order valence-corrected chi connectivity index (χ4v) is 3.59. The molecule has 0 amide bonds. The first-order valence-corrected chi connectivity index (χ1v) is 8.27. The van der Waals surface area contributed by atoms with Crippen molar-refractivity contribution in [1.82, 2.24) is 0 Å². The van der Waals surface area contributed by atoms with Crippen LogP contribution in [-0.2, 0) is 7.05 Å². The SMILES string of the molecule is COc1cccc2c1c(-c1ccccc1)c1c(OC)cccc1[n+]2C.[Br-]. The van der Waals surface area contributed by atoms with Gasteiger partial charge in [0, 0.05) is 17.7 Å².